The molecule has 12 heteroatoms. The van der Waals surface area contributed by atoms with Crippen LogP contribution in [0.3, 0.4) is 0 Å². The average Bonchev–Trinajstić information content (AvgIpc) is 2.29. The molecule has 0 aromatic carbocycles. The molecular weight excluding hydrogens is 381 g/mol. The highest BCUT2D eigenvalue weighted by Crippen LogP contribution is 2.21. The molecule has 0 rings (SSSR count). The summed E-state index contributed by atoms with van der Waals surface area (Å²) >= 11 is 11.1. The number of halogens is 2. The van der Waals surface area contributed by atoms with E-state index in [9.17, 15) is 16.8 Å². The van der Waals surface area contributed by atoms with Crippen LogP contribution >= 0.6 is 23.6 Å². The van der Waals surface area contributed by atoms with Crippen LogP contribution in [0.4, 0.5) is 0 Å². The maximum Gasteiger partial charge on any atom is 0.267 e. The molecular formula is C10H21Cl2NO7S2. The van der Waals surface area contributed by atoms with Crippen LogP contribution in [0, 0.1) is 0 Å². The van der Waals surface area contributed by atoms with Crippen LogP contribution < -0.4 is 0 Å². The van der Waals surface area contributed by atoms with Gasteiger partial charge in [-0.05, 0) is 37.4 Å². The van der Waals surface area contributed by atoms with Crippen molar-refractivity contribution < 1.29 is 30.9 Å². The van der Waals surface area contributed by atoms with Crippen LogP contribution in [0.5, 0.6) is 0 Å². The minimum atomic E-state index is -4.04. The van der Waals surface area contributed by atoms with Crippen molar-refractivity contribution in [3.05, 3.63) is 0 Å². The van der Waals surface area contributed by atoms with Gasteiger partial charge >= 0.3 is 0 Å². The molecule has 0 heterocycles. The Kier molecular flexibility index (Phi) is 9.72. The summed E-state index contributed by atoms with van der Waals surface area (Å²) in [5.41, 5.74) is -0.916. The Bertz CT molecular complexity index is 519. The number of nitrogens with zero attached hydrogens (tertiary/aromatic N) is 1. The van der Waals surface area contributed by atoms with Crippen LogP contribution in [0.25, 0.3) is 0 Å². The Balaban J connectivity index is 3.83. The molecule has 0 unspecified atom stereocenters. The lowest BCUT2D eigenvalue weighted by molar-refractivity contribution is 0.0593. The van der Waals surface area contributed by atoms with Gasteiger partial charge in [0, 0.05) is 0 Å². The molecule has 0 aromatic rings. The zero-order chi connectivity index (χ0) is 17.4. The Hall–Kier alpha value is 0.320. The molecule has 0 fully saturated rings. The number of rotatable bonds is 12. The molecule has 0 saturated carbocycles. The molecule has 0 aliphatic heterocycles. The largest absolute Gasteiger partial charge is 0.378 e. The highest BCUT2D eigenvalue weighted by Gasteiger charge is 2.30. The second kappa shape index (κ2) is 9.58. The Morgan fingerprint density at radius 1 is 0.955 bits per heavy atom. The fourth-order valence-electron chi connectivity index (χ4n) is 1.33. The highest BCUT2D eigenvalue weighted by molar-refractivity contribution is 7.91. The molecule has 0 spiro atoms. The number of hydrogen-bond acceptors (Lipinski definition) is 7. The minimum absolute atomic E-state index is 0.0232. The smallest absolute Gasteiger partial charge is 0.267 e. The van der Waals surface area contributed by atoms with Crippen LogP contribution in [0.2, 0.25) is 0 Å². The standard InChI is InChI=1S/C10H21Cl2NO7S2/c1-10(2,13(11)12)9-21(14,15)7-5-19-3-4-20-6-8-22(16,17)18/h3-9H2,1-2H3,(H,16,17,18). The van der Waals surface area contributed by atoms with Gasteiger partial charge in [0.2, 0.25) is 0 Å². The van der Waals surface area contributed by atoms with Crippen molar-refractivity contribution in [3.63, 3.8) is 0 Å². The summed E-state index contributed by atoms with van der Waals surface area (Å²) in [6.45, 7) is 3.21. The molecule has 0 aromatic heterocycles. The lowest BCUT2D eigenvalue weighted by Gasteiger charge is -2.26. The van der Waals surface area contributed by atoms with Crippen LogP contribution in [-0.4, -0.2) is 74.6 Å². The van der Waals surface area contributed by atoms with E-state index >= 15 is 0 Å². The summed E-state index contributed by atoms with van der Waals surface area (Å²) in [5.74, 6) is -0.909. The Labute approximate surface area is 141 Å². The molecule has 0 atom stereocenters. The summed E-state index contributed by atoms with van der Waals surface area (Å²) in [6.07, 6.45) is 0. The topological polar surface area (TPSA) is 110 Å². The van der Waals surface area contributed by atoms with Gasteiger partial charge in [0.25, 0.3) is 10.1 Å². The fourth-order valence-corrected chi connectivity index (χ4v) is 3.64. The quantitative estimate of drug-likeness (QED) is 0.289. The molecule has 1 N–H and O–H groups in total. The second-order valence-corrected chi connectivity index (χ2v) is 9.75. The van der Waals surface area contributed by atoms with Gasteiger partial charge in [-0.3, -0.25) is 4.55 Å². The Morgan fingerprint density at radius 3 is 1.82 bits per heavy atom. The van der Waals surface area contributed by atoms with Gasteiger partial charge in [-0.15, -0.1) is 3.94 Å². The van der Waals surface area contributed by atoms with Crippen molar-refractivity contribution in [1.82, 2.24) is 3.94 Å². The molecule has 0 radical (unpaired) electrons. The van der Waals surface area contributed by atoms with E-state index in [2.05, 4.69) is 0 Å². The van der Waals surface area contributed by atoms with E-state index < -0.39 is 31.2 Å². The lowest BCUT2D eigenvalue weighted by atomic mass is 10.1. The van der Waals surface area contributed by atoms with Crippen molar-refractivity contribution in [2.24, 2.45) is 0 Å². The second-order valence-electron chi connectivity index (χ2n) is 5.15. The predicted octanol–water partition coefficient (Wildman–Crippen LogP) is 0.710. The number of ether oxygens (including phenoxy) is 2. The first-order valence-corrected chi connectivity index (χ1v) is 10.4. The summed E-state index contributed by atoms with van der Waals surface area (Å²) < 4.78 is 63.7. The first-order chi connectivity index (χ1) is 9.86. The van der Waals surface area contributed by atoms with E-state index in [1.165, 1.54) is 0 Å². The van der Waals surface area contributed by atoms with Crippen molar-refractivity contribution in [1.29, 1.82) is 0 Å². The summed E-state index contributed by atoms with van der Waals surface area (Å²) in [4.78, 5) is 0. The van der Waals surface area contributed by atoms with Gasteiger partial charge in [0.1, 0.15) is 0 Å². The third-order valence-electron chi connectivity index (χ3n) is 2.43. The first-order valence-electron chi connectivity index (χ1n) is 6.29. The maximum atomic E-state index is 11.8. The zero-order valence-corrected chi connectivity index (χ0v) is 15.5. The van der Waals surface area contributed by atoms with Crippen LogP contribution in [0.15, 0.2) is 0 Å². The molecule has 134 valence electrons. The van der Waals surface area contributed by atoms with Crippen molar-refractivity contribution in [2.75, 3.05) is 43.7 Å². The Morgan fingerprint density at radius 2 is 1.41 bits per heavy atom. The molecule has 0 amide bonds. The molecule has 0 aliphatic carbocycles. The molecule has 0 bridgehead atoms. The van der Waals surface area contributed by atoms with Crippen molar-refractivity contribution in [3.8, 4) is 0 Å². The van der Waals surface area contributed by atoms with Crippen molar-refractivity contribution >= 4 is 43.5 Å². The highest BCUT2D eigenvalue weighted by atomic mass is 35.5. The van der Waals surface area contributed by atoms with E-state index in [0.717, 1.165) is 3.94 Å². The normalized spacial score (nSPS) is 13.7. The van der Waals surface area contributed by atoms with Gasteiger partial charge in [0.05, 0.1) is 49.2 Å². The lowest BCUT2D eigenvalue weighted by Crippen LogP contribution is -2.40. The van der Waals surface area contributed by atoms with Gasteiger partial charge in [-0.2, -0.15) is 8.42 Å². The summed E-state index contributed by atoms with van der Waals surface area (Å²) in [6, 6.07) is 0. The average molecular weight is 402 g/mol. The SMILES string of the molecule is CC(C)(CS(=O)(=O)CCOCCOCCS(=O)(=O)O)N(Cl)Cl. The third-order valence-corrected chi connectivity index (χ3v) is 5.96. The summed E-state index contributed by atoms with van der Waals surface area (Å²) in [7, 11) is -7.43. The van der Waals surface area contributed by atoms with Gasteiger partial charge in [0.15, 0.2) is 9.84 Å². The van der Waals surface area contributed by atoms with E-state index in [0.29, 0.717) is 0 Å². The number of hydrogen-bond donors (Lipinski definition) is 1. The van der Waals surface area contributed by atoms with Crippen LogP contribution in [-0.2, 0) is 29.4 Å². The van der Waals surface area contributed by atoms with E-state index in [1.54, 1.807) is 13.8 Å². The van der Waals surface area contributed by atoms with E-state index in [-0.39, 0.29) is 37.9 Å². The maximum absolute atomic E-state index is 11.8. The molecule has 22 heavy (non-hydrogen) atoms. The summed E-state index contributed by atoms with van der Waals surface area (Å²) in [5, 5.41) is 0. The van der Waals surface area contributed by atoms with Gasteiger partial charge in [-0.1, -0.05) is 0 Å². The minimum Gasteiger partial charge on any atom is -0.378 e. The first kappa shape index (κ1) is 22.3. The van der Waals surface area contributed by atoms with Crippen LogP contribution in [0.1, 0.15) is 13.8 Å². The van der Waals surface area contributed by atoms with Crippen molar-refractivity contribution in [2.45, 2.75) is 19.4 Å². The molecule has 0 aliphatic rings. The van der Waals surface area contributed by atoms with Gasteiger partial charge < -0.3 is 9.47 Å². The zero-order valence-electron chi connectivity index (χ0n) is 12.4. The predicted molar refractivity (Wildman–Crippen MR) is 84.3 cm³/mol. The number of sulfone groups is 1. The molecule has 8 nitrogen and oxygen atoms in total. The fraction of sp³-hybridized carbons (Fsp3) is 1.00. The third kappa shape index (κ3) is 11.8. The molecule has 0 saturated heterocycles. The van der Waals surface area contributed by atoms with Gasteiger partial charge in [-0.25, -0.2) is 8.42 Å². The van der Waals surface area contributed by atoms with E-state index in [4.69, 9.17) is 37.6 Å². The monoisotopic (exact) mass is 401 g/mol. The van der Waals surface area contributed by atoms with E-state index in [1.807, 2.05) is 0 Å².